The van der Waals surface area contributed by atoms with E-state index in [0.29, 0.717) is 11.3 Å². The Morgan fingerprint density at radius 3 is 2.62 bits per heavy atom. The summed E-state index contributed by atoms with van der Waals surface area (Å²) in [6.45, 7) is 1.69. The molecular weight excluding hydrogens is 331 g/mol. The maximum Gasteiger partial charge on any atom is 0.240 e. The van der Waals surface area contributed by atoms with Gasteiger partial charge in [-0.1, -0.05) is 41.6 Å². The van der Waals surface area contributed by atoms with Crippen LogP contribution in [-0.4, -0.2) is 13.6 Å². The molecule has 3 aromatic rings. The number of benzene rings is 2. The predicted molar refractivity (Wildman–Crippen MR) is 89.3 cm³/mol. The summed E-state index contributed by atoms with van der Waals surface area (Å²) in [5, 5.41) is 3.88. The summed E-state index contributed by atoms with van der Waals surface area (Å²) in [6, 6.07) is 14.8. The zero-order valence-electron chi connectivity index (χ0n) is 12.9. The van der Waals surface area contributed by atoms with Crippen LogP contribution in [0.4, 0.5) is 10.1 Å². The number of hydrogen-bond donors (Lipinski definition) is 1. The number of hydrogen-bond acceptors (Lipinski definition) is 4. The highest BCUT2D eigenvalue weighted by atomic mass is 32.2. The first-order chi connectivity index (χ1) is 11.4. The molecule has 0 unspecified atom stereocenters. The van der Waals surface area contributed by atoms with E-state index in [2.05, 4.69) is 9.88 Å². The van der Waals surface area contributed by atoms with Crippen molar-refractivity contribution in [2.24, 2.45) is 0 Å². The number of anilines is 1. The molecular formula is C17H15FN2O3S. The van der Waals surface area contributed by atoms with E-state index in [1.54, 1.807) is 13.0 Å². The molecule has 2 aromatic carbocycles. The van der Waals surface area contributed by atoms with Gasteiger partial charge >= 0.3 is 0 Å². The number of sulfonamides is 1. The van der Waals surface area contributed by atoms with Gasteiger partial charge in [-0.2, -0.15) is 0 Å². The van der Waals surface area contributed by atoms with Crippen molar-refractivity contribution in [1.29, 1.82) is 0 Å². The van der Waals surface area contributed by atoms with Crippen molar-refractivity contribution in [3.05, 3.63) is 71.7 Å². The molecule has 0 aliphatic rings. The molecule has 0 atom stereocenters. The van der Waals surface area contributed by atoms with Crippen molar-refractivity contribution in [2.45, 2.75) is 12.7 Å². The Balaban J connectivity index is 1.78. The summed E-state index contributed by atoms with van der Waals surface area (Å²) in [5.41, 5.74) is 2.22. The number of rotatable bonds is 5. The van der Waals surface area contributed by atoms with Gasteiger partial charge in [-0.25, -0.2) is 12.8 Å². The van der Waals surface area contributed by atoms with Gasteiger partial charge in [0, 0.05) is 11.6 Å². The smallest absolute Gasteiger partial charge is 0.240 e. The second-order valence-electron chi connectivity index (χ2n) is 5.36. The summed E-state index contributed by atoms with van der Waals surface area (Å²) >= 11 is 0. The van der Waals surface area contributed by atoms with E-state index in [-0.39, 0.29) is 17.2 Å². The fourth-order valence-electron chi connectivity index (χ4n) is 2.22. The van der Waals surface area contributed by atoms with Crippen molar-refractivity contribution >= 4 is 15.7 Å². The highest BCUT2D eigenvalue weighted by Crippen LogP contribution is 2.22. The second-order valence-corrected chi connectivity index (χ2v) is 7.09. The average molecular weight is 346 g/mol. The maximum absolute atomic E-state index is 13.3. The quantitative estimate of drug-likeness (QED) is 0.764. The largest absolute Gasteiger partial charge is 0.360 e. The number of nitrogens with zero attached hydrogens (tertiary/aromatic N) is 1. The van der Waals surface area contributed by atoms with E-state index in [1.807, 2.05) is 30.3 Å². The zero-order valence-corrected chi connectivity index (χ0v) is 13.7. The molecule has 0 saturated heterocycles. The number of nitrogens with one attached hydrogen (secondary N) is 1. The summed E-state index contributed by atoms with van der Waals surface area (Å²) in [5.74, 6) is -0.692. The van der Waals surface area contributed by atoms with Gasteiger partial charge in [0.15, 0.2) is 5.76 Å². The molecule has 24 heavy (non-hydrogen) atoms. The Morgan fingerprint density at radius 1 is 1.12 bits per heavy atom. The van der Waals surface area contributed by atoms with Gasteiger partial charge in [0.2, 0.25) is 10.0 Å². The normalized spacial score (nSPS) is 11.4. The van der Waals surface area contributed by atoms with E-state index in [4.69, 9.17) is 4.52 Å². The summed E-state index contributed by atoms with van der Waals surface area (Å²) < 4.78 is 45.3. The van der Waals surface area contributed by atoms with Crippen LogP contribution >= 0.6 is 0 Å². The molecule has 5 nitrogen and oxygen atoms in total. The van der Waals surface area contributed by atoms with Crippen LogP contribution < -0.4 is 4.72 Å². The number of halogens is 1. The Hall–Kier alpha value is -2.67. The van der Waals surface area contributed by atoms with Crippen LogP contribution in [0.15, 0.2) is 59.1 Å². The van der Waals surface area contributed by atoms with Crippen molar-refractivity contribution in [3.8, 4) is 11.3 Å². The van der Waals surface area contributed by atoms with Gasteiger partial charge in [-0.3, -0.25) is 4.72 Å². The molecule has 0 saturated carbocycles. The van der Waals surface area contributed by atoms with Crippen LogP contribution in [0.25, 0.3) is 11.3 Å². The summed E-state index contributed by atoms with van der Waals surface area (Å²) in [6.07, 6.45) is 0. The van der Waals surface area contributed by atoms with Crippen LogP contribution in [0.1, 0.15) is 11.3 Å². The van der Waals surface area contributed by atoms with Gasteiger partial charge in [0.1, 0.15) is 17.3 Å². The van der Waals surface area contributed by atoms with E-state index in [0.717, 1.165) is 11.6 Å². The van der Waals surface area contributed by atoms with Crippen LogP contribution in [-0.2, 0) is 15.8 Å². The van der Waals surface area contributed by atoms with Crippen LogP contribution in [0, 0.1) is 12.7 Å². The molecule has 124 valence electrons. The van der Waals surface area contributed by atoms with Crippen molar-refractivity contribution in [1.82, 2.24) is 5.16 Å². The van der Waals surface area contributed by atoms with Crippen LogP contribution in [0.5, 0.6) is 0 Å². The third-order valence-electron chi connectivity index (χ3n) is 3.43. The zero-order chi connectivity index (χ0) is 17.2. The number of aromatic nitrogens is 1. The van der Waals surface area contributed by atoms with E-state index >= 15 is 0 Å². The van der Waals surface area contributed by atoms with E-state index < -0.39 is 15.8 Å². The maximum atomic E-state index is 13.3. The predicted octanol–water partition coefficient (Wildman–Crippen LogP) is 3.73. The molecule has 1 N–H and O–H groups in total. The fourth-order valence-corrected chi connectivity index (χ4v) is 3.36. The minimum atomic E-state index is -3.75. The van der Waals surface area contributed by atoms with Gasteiger partial charge < -0.3 is 4.52 Å². The molecule has 0 aliphatic carbocycles. The Kier molecular flexibility index (Phi) is 4.35. The molecule has 7 heteroatoms. The van der Waals surface area contributed by atoms with Gasteiger partial charge in [-0.05, 0) is 24.6 Å². The lowest BCUT2D eigenvalue weighted by Gasteiger charge is -2.09. The Morgan fingerprint density at radius 2 is 1.88 bits per heavy atom. The molecule has 1 heterocycles. The minimum absolute atomic E-state index is 0.204. The third kappa shape index (κ3) is 3.80. The van der Waals surface area contributed by atoms with Gasteiger partial charge in [0.05, 0.1) is 5.69 Å². The molecule has 0 aliphatic heterocycles. The molecule has 0 amide bonds. The van der Waals surface area contributed by atoms with Gasteiger partial charge in [0.25, 0.3) is 0 Å². The molecule has 3 rings (SSSR count). The highest BCUT2D eigenvalue weighted by molar-refractivity contribution is 7.91. The van der Waals surface area contributed by atoms with Crippen molar-refractivity contribution in [2.75, 3.05) is 4.72 Å². The standard InChI is InChI=1S/C17H15FN2O3S/c1-12-7-8-14(18)9-16(12)20-24(21,22)11-15-10-17(19-23-15)13-5-3-2-4-6-13/h2-10,20H,11H2,1H3. The fraction of sp³-hybridized carbons (Fsp3) is 0.118. The summed E-state index contributed by atoms with van der Waals surface area (Å²) in [7, 11) is -3.75. The lowest BCUT2D eigenvalue weighted by Crippen LogP contribution is -2.15. The SMILES string of the molecule is Cc1ccc(F)cc1NS(=O)(=O)Cc1cc(-c2ccccc2)no1. The molecule has 1 aromatic heterocycles. The average Bonchev–Trinajstić information content (AvgIpc) is 2.99. The highest BCUT2D eigenvalue weighted by Gasteiger charge is 2.17. The minimum Gasteiger partial charge on any atom is -0.360 e. The lowest BCUT2D eigenvalue weighted by atomic mass is 10.1. The summed E-state index contributed by atoms with van der Waals surface area (Å²) in [4.78, 5) is 0. The van der Waals surface area contributed by atoms with E-state index in [9.17, 15) is 12.8 Å². The van der Waals surface area contributed by atoms with Crippen molar-refractivity contribution < 1.29 is 17.3 Å². The first-order valence-electron chi connectivity index (χ1n) is 7.21. The lowest BCUT2D eigenvalue weighted by molar-refractivity contribution is 0.395. The first-order valence-corrected chi connectivity index (χ1v) is 8.86. The second kappa shape index (κ2) is 6.45. The topological polar surface area (TPSA) is 72.2 Å². The van der Waals surface area contributed by atoms with Crippen LogP contribution in [0.2, 0.25) is 0 Å². The molecule has 0 bridgehead atoms. The number of aryl methyl sites for hydroxylation is 1. The van der Waals surface area contributed by atoms with Crippen molar-refractivity contribution in [3.63, 3.8) is 0 Å². The first kappa shape index (κ1) is 16.2. The van der Waals surface area contributed by atoms with Gasteiger partial charge in [-0.15, -0.1) is 0 Å². The Bertz CT molecular complexity index is 953. The molecule has 0 radical (unpaired) electrons. The molecule has 0 spiro atoms. The monoisotopic (exact) mass is 346 g/mol. The Labute approximate surface area is 139 Å². The van der Waals surface area contributed by atoms with Crippen LogP contribution in [0.3, 0.4) is 0 Å². The van der Waals surface area contributed by atoms with E-state index in [1.165, 1.54) is 12.1 Å². The third-order valence-corrected chi connectivity index (χ3v) is 4.62. The molecule has 0 fully saturated rings.